The summed E-state index contributed by atoms with van der Waals surface area (Å²) in [6.45, 7) is 5.57. The Morgan fingerprint density at radius 3 is 2.42 bits per heavy atom. The Balaban J connectivity index is 2.31. The predicted molar refractivity (Wildman–Crippen MR) is 80.5 cm³/mol. The highest BCUT2D eigenvalue weighted by Gasteiger charge is 2.40. The second-order valence-corrected chi connectivity index (χ2v) is 7.99. The van der Waals surface area contributed by atoms with Crippen molar-refractivity contribution in [2.45, 2.75) is 38.0 Å². The monoisotopic (exact) mass is 345 g/mol. The van der Waals surface area contributed by atoms with Crippen LogP contribution >= 0.6 is 15.9 Å². The molecule has 1 heterocycles. The van der Waals surface area contributed by atoms with E-state index in [1.165, 1.54) is 0 Å². The highest BCUT2D eigenvalue weighted by molar-refractivity contribution is 9.10. The van der Waals surface area contributed by atoms with E-state index in [-0.39, 0.29) is 5.41 Å². The van der Waals surface area contributed by atoms with E-state index in [2.05, 4.69) is 29.8 Å². The van der Waals surface area contributed by atoms with Crippen molar-refractivity contribution in [3.8, 4) is 0 Å². The molecule has 0 aliphatic carbocycles. The van der Waals surface area contributed by atoms with Gasteiger partial charge in [0.2, 0.25) is 10.0 Å². The van der Waals surface area contributed by atoms with E-state index in [0.717, 1.165) is 19.3 Å². The van der Waals surface area contributed by atoms with Gasteiger partial charge in [-0.2, -0.15) is 4.31 Å². The molecule has 0 bridgehead atoms. The fourth-order valence-corrected chi connectivity index (χ4v) is 5.24. The Hall–Kier alpha value is -0.390. The molecule has 1 aromatic rings. The third kappa shape index (κ3) is 2.73. The van der Waals surface area contributed by atoms with Crippen molar-refractivity contribution >= 4 is 26.0 Å². The Bertz CT molecular complexity index is 552. The molecule has 1 aromatic carbocycles. The minimum atomic E-state index is -3.37. The Morgan fingerprint density at radius 2 is 1.89 bits per heavy atom. The molecule has 0 saturated carbocycles. The van der Waals surface area contributed by atoms with Crippen LogP contribution in [0.3, 0.4) is 0 Å². The fourth-order valence-electron chi connectivity index (χ4n) is 2.72. The van der Waals surface area contributed by atoms with E-state index in [0.29, 0.717) is 22.5 Å². The minimum Gasteiger partial charge on any atom is -0.207 e. The minimum absolute atomic E-state index is 0.161. The summed E-state index contributed by atoms with van der Waals surface area (Å²) in [5, 5.41) is 0. The smallest absolute Gasteiger partial charge is 0.207 e. The third-order valence-electron chi connectivity index (χ3n) is 4.36. The summed E-state index contributed by atoms with van der Waals surface area (Å²) in [7, 11) is -3.37. The largest absolute Gasteiger partial charge is 0.244 e. The van der Waals surface area contributed by atoms with Crippen molar-refractivity contribution < 1.29 is 8.42 Å². The van der Waals surface area contributed by atoms with Crippen LogP contribution in [0.1, 0.15) is 33.1 Å². The van der Waals surface area contributed by atoms with Crippen LogP contribution in [0.4, 0.5) is 0 Å². The van der Waals surface area contributed by atoms with Gasteiger partial charge in [-0.15, -0.1) is 0 Å². The van der Waals surface area contributed by atoms with Crippen LogP contribution in [0.5, 0.6) is 0 Å². The van der Waals surface area contributed by atoms with Crippen molar-refractivity contribution in [2.75, 3.05) is 13.1 Å². The molecule has 1 saturated heterocycles. The molecule has 2 rings (SSSR count). The molecule has 3 nitrogen and oxygen atoms in total. The highest BCUT2D eigenvalue weighted by atomic mass is 79.9. The molecule has 0 unspecified atom stereocenters. The van der Waals surface area contributed by atoms with Crippen LogP contribution in [0.2, 0.25) is 0 Å². The van der Waals surface area contributed by atoms with Gasteiger partial charge in [0.05, 0.1) is 4.90 Å². The molecule has 0 aromatic heterocycles. The SMILES string of the molecule is CCC1(CC)CCN(S(=O)(=O)c2ccccc2Br)C1. The first-order valence-electron chi connectivity index (χ1n) is 6.70. The highest BCUT2D eigenvalue weighted by Crippen LogP contribution is 2.39. The van der Waals surface area contributed by atoms with E-state index < -0.39 is 10.0 Å². The molecule has 0 amide bonds. The Labute approximate surface area is 124 Å². The van der Waals surface area contributed by atoms with Crippen LogP contribution in [-0.4, -0.2) is 25.8 Å². The zero-order valence-corrected chi connectivity index (χ0v) is 13.8. The van der Waals surface area contributed by atoms with Gasteiger partial charge in [0.15, 0.2) is 0 Å². The maximum absolute atomic E-state index is 12.7. The van der Waals surface area contributed by atoms with E-state index in [9.17, 15) is 8.42 Å². The van der Waals surface area contributed by atoms with Crippen molar-refractivity contribution in [3.63, 3.8) is 0 Å². The lowest BCUT2D eigenvalue weighted by molar-refractivity contribution is 0.279. The lowest BCUT2D eigenvalue weighted by Crippen LogP contribution is -2.32. The van der Waals surface area contributed by atoms with Crippen LogP contribution in [0.25, 0.3) is 0 Å². The average Bonchev–Trinajstić information content (AvgIpc) is 2.85. The number of hydrogen-bond donors (Lipinski definition) is 0. The second kappa shape index (κ2) is 5.54. The molecular formula is C14H20BrNO2S. The average molecular weight is 346 g/mol. The van der Waals surface area contributed by atoms with E-state index in [1.807, 2.05) is 6.07 Å². The third-order valence-corrected chi connectivity index (χ3v) is 7.22. The van der Waals surface area contributed by atoms with Crippen LogP contribution in [-0.2, 0) is 10.0 Å². The first-order chi connectivity index (χ1) is 8.95. The van der Waals surface area contributed by atoms with Gasteiger partial charge in [0.25, 0.3) is 0 Å². The Morgan fingerprint density at radius 1 is 1.26 bits per heavy atom. The first-order valence-corrected chi connectivity index (χ1v) is 8.93. The maximum Gasteiger partial charge on any atom is 0.244 e. The summed E-state index contributed by atoms with van der Waals surface area (Å²) in [4.78, 5) is 0.373. The molecule has 1 aliphatic heterocycles. The number of rotatable bonds is 4. The summed E-state index contributed by atoms with van der Waals surface area (Å²) >= 11 is 3.34. The molecule has 1 aliphatic rings. The lowest BCUT2D eigenvalue weighted by Gasteiger charge is -2.26. The first kappa shape index (κ1) is 15.0. The summed E-state index contributed by atoms with van der Waals surface area (Å²) in [6, 6.07) is 7.03. The zero-order chi connectivity index (χ0) is 14.1. The molecule has 1 fully saturated rings. The number of nitrogens with zero attached hydrogens (tertiary/aromatic N) is 1. The van der Waals surface area contributed by atoms with Crippen LogP contribution < -0.4 is 0 Å². The van der Waals surface area contributed by atoms with Crippen molar-refractivity contribution in [1.82, 2.24) is 4.31 Å². The Kier molecular flexibility index (Phi) is 4.38. The molecule has 5 heteroatoms. The lowest BCUT2D eigenvalue weighted by atomic mass is 9.82. The topological polar surface area (TPSA) is 37.4 Å². The predicted octanol–water partition coefficient (Wildman–Crippen LogP) is 3.65. The number of benzene rings is 1. The van der Waals surface area contributed by atoms with Gasteiger partial charge in [-0.25, -0.2) is 8.42 Å². The number of halogens is 1. The molecule has 0 N–H and O–H groups in total. The molecule has 0 spiro atoms. The van der Waals surface area contributed by atoms with Crippen molar-refractivity contribution in [2.24, 2.45) is 5.41 Å². The van der Waals surface area contributed by atoms with Crippen molar-refractivity contribution in [3.05, 3.63) is 28.7 Å². The van der Waals surface area contributed by atoms with Gasteiger partial charge in [0.1, 0.15) is 0 Å². The van der Waals surface area contributed by atoms with Gasteiger partial charge in [0, 0.05) is 17.6 Å². The van der Waals surface area contributed by atoms with Crippen LogP contribution in [0.15, 0.2) is 33.6 Å². The van der Waals surface area contributed by atoms with E-state index >= 15 is 0 Å². The number of hydrogen-bond acceptors (Lipinski definition) is 2. The molecule has 106 valence electrons. The summed E-state index contributed by atoms with van der Waals surface area (Å²) in [5.74, 6) is 0. The van der Waals surface area contributed by atoms with Gasteiger partial charge >= 0.3 is 0 Å². The summed E-state index contributed by atoms with van der Waals surface area (Å²) < 4.78 is 27.6. The summed E-state index contributed by atoms with van der Waals surface area (Å²) in [6.07, 6.45) is 3.03. The maximum atomic E-state index is 12.7. The van der Waals surface area contributed by atoms with Gasteiger partial charge in [-0.05, 0) is 52.7 Å². The fraction of sp³-hybridized carbons (Fsp3) is 0.571. The quantitative estimate of drug-likeness (QED) is 0.835. The van der Waals surface area contributed by atoms with Gasteiger partial charge in [-0.1, -0.05) is 26.0 Å². The van der Waals surface area contributed by atoms with E-state index in [1.54, 1.807) is 22.5 Å². The molecule has 0 radical (unpaired) electrons. The molecule has 19 heavy (non-hydrogen) atoms. The number of sulfonamides is 1. The van der Waals surface area contributed by atoms with Gasteiger partial charge in [-0.3, -0.25) is 0 Å². The van der Waals surface area contributed by atoms with Gasteiger partial charge < -0.3 is 0 Å². The molecule has 0 atom stereocenters. The summed E-state index contributed by atoms with van der Waals surface area (Å²) in [5.41, 5.74) is 0.161. The van der Waals surface area contributed by atoms with Crippen molar-refractivity contribution in [1.29, 1.82) is 0 Å². The standard InChI is InChI=1S/C14H20BrNO2S/c1-3-14(4-2)9-10-16(11-14)19(17,18)13-8-6-5-7-12(13)15/h5-8H,3-4,9-11H2,1-2H3. The zero-order valence-electron chi connectivity index (χ0n) is 11.4. The van der Waals surface area contributed by atoms with E-state index in [4.69, 9.17) is 0 Å². The second-order valence-electron chi connectivity index (χ2n) is 5.23. The molecular weight excluding hydrogens is 326 g/mol. The van der Waals surface area contributed by atoms with Crippen LogP contribution in [0, 0.1) is 5.41 Å². The normalized spacial score (nSPS) is 19.7.